The standard InChI is InChI=1S/C23H23BrO5/c1-7-10(3)14-9-15(25)12(5)20-17(14)23(27)29-21-13(6)19(26)18(24)16(11(4)8-2)22(21)28-20/h7-9,25-26H,1-6H3. The van der Waals surface area contributed by atoms with E-state index in [9.17, 15) is 15.0 Å². The third-order valence-electron chi connectivity index (χ3n) is 5.35. The van der Waals surface area contributed by atoms with Crippen LogP contribution in [0.3, 0.4) is 0 Å². The minimum absolute atomic E-state index is 0.0215. The molecule has 1 aliphatic rings. The molecule has 0 aromatic heterocycles. The summed E-state index contributed by atoms with van der Waals surface area (Å²) in [5.74, 6) is 0.111. The Morgan fingerprint density at radius 1 is 0.966 bits per heavy atom. The van der Waals surface area contributed by atoms with E-state index in [1.54, 1.807) is 19.9 Å². The first-order valence-corrected chi connectivity index (χ1v) is 10.0. The monoisotopic (exact) mass is 458 g/mol. The molecule has 0 unspecified atom stereocenters. The molecule has 6 heteroatoms. The summed E-state index contributed by atoms with van der Waals surface area (Å²) in [5, 5.41) is 21.1. The maximum Gasteiger partial charge on any atom is 0.348 e. The lowest BCUT2D eigenvalue weighted by Crippen LogP contribution is -2.11. The lowest BCUT2D eigenvalue weighted by atomic mass is 9.96. The van der Waals surface area contributed by atoms with Gasteiger partial charge in [0.05, 0.1) is 4.47 Å². The van der Waals surface area contributed by atoms with Crippen LogP contribution in [0.2, 0.25) is 0 Å². The number of carbonyl (C=O) groups excluding carboxylic acids is 1. The van der Waals surface area contributed by atoms with Crippen molar-refractivity contribution in [2.24, 2.45) is 0 Å². The van der Waals surface area contributed by atoms with Gasteiger partial charge in [0.2, 0.25) is 0 Å². The highest BCUT2D eigenvalue weighted by atomic mass is 79.9. The molecule has 0 saturated heterocycles. The van der Waals surface area contributed by atoms with Crippen LogP contribution < -0.4 is 9.47 Å². The molecule has 0 radical (unpaired) electrons. The molecule has 2 N–H and O–H groups in total. The number of esters is 1. The number of carbonyl (C=O) groups is 1. The highest BCUT2D eigenvalue weighted by Gasteiger charge is 2.34. The highest BCUT2D eigenvalue weighted by Crippen LogP contribution is 2.53. The van der Waals surface area contributed by atoms with Gasteiger partial charge in [-0.15, -0.1) is 0 Å². The van der Waals surface area contributed by atoms with Crippen molar-refractivity contribution in [1.29, 1.82) is 0 Å². The number of phenols is 2. The number of ether oxygens (including phenoxy) is 2. The van der Waals surface area contributed by atoms with E-state index in [0.29, 0.717) is 32.5 Å². The van der Waals surface area contributed by atoms with Crippen molar-refractivity contribution in [3.05, 3.63) is 50.5 Å². The van der Waals surface area contributed by atoms with Gasteiger partial charge in [-0.2, -0.15) is 0 Å². The number of hydrogen-bond donors (Lipinski definition) is 2. The Morgan fingerprint density at radius 3 is 2.17 bits per heavy atom. The summed E-state index contributed by atoms with van der Waals surface area (Å²) >= 11 is 3.44. The lowest BCUT2D eigenvalue weighted by Gasteiger charge is -2.19. The fourth-order valence-corrected chi connectivity index (χ4v) is 4.07. The van der Waals surface area contributed by atoms with Gasteiger partial charge in [0.1, 0.15) is 22.8 Å². The molecular weight excluding hydrogens is 436 g/mol. The van der Waals surface area contributed by atoms with Crippen LogP contribution in [0.25, 0.3) is 11.1 Å². The predicted molar refractivity (Wildman–Crippen MR) is 117 cm³/mol. The molecule has 0 amide bonds. The SMILES string of the molecule is CC=C(C)c1cc(O)c(C)c2c1C(=O)Oc1c(C)c(O)c(Br)c(C(C)=CC)c1O2. The van der Waals surface area contributed by atoms with E-state index in [1.165, 1.54) is 0 Å². The van der Waals surface area contributed by atoms with E-state index in [2.05, 4.69) is 15.9 Å². The molecule has 0 atom stereocenters. The number of halogens is 1. The van der Waals surface area contributed by atoms with E-state index < -0.39 is 5.97 Å². The second kappa shape index (κ2) is 7.59. The molecular formula is C23H23BrO5. The van der Waals surface area contributed by atoms with Crippen LogP contribution in [0.5, 0.6) is 28.7 Å². The summed E-state index contributed by atoms with van der Waals surface area (Å²) < 4.78 is 12.5. The zero-order chi connectivity index (χ0) is 21.6. The Morgan fingerprint density at radius 2 is 1.59 bits per heavy atom. The molecule has 0 bridgehead atoms. The molecule has 2 aromatic rings. The molecule has 5 nitrogen and oxygen atoms in total. The first-order chi connectivity index (χ1) is 13.6. The van der Waals surface area contributed by atoms with E-state index >= 15 is 0 Å². The summed E-state index contributed by atoms with van der Waals surface area (Å²) in [7, 11) is 0. The van der Waals surface area contributed by atoms with Gasteiger partial charge in [0, 0.05) is 16.7 Å². The smallest absolute Gasteiger partial charge is 0.348 e. The van der Waals surface area contributed by atoms with Crippen LogP contribution in [0.1, 0.15) is 60.3 Å². The average molecular weight is 459 g/mol. The minimum atomic E-state index is -0.605. The van der Waals surface area contributed by atoms with Crippen molar-refractivity contribution in [3.8, 4) is 28.7 Å². The number of fused-ring (bicyclic) bond motifs is 2. The van der Waals surface area contributed by atoms with Crippen molar-refractivity contribution in [1.82, 2.24) is 0 Å². The zero-order valence-corrected chi connectivity index (χ0v) is 18.8. The summed E-state index contributed by atoms with van der Waals surface area (Å²) in [6.07, 6.45) is 3.72. The molecule has 0 saturated carbocycles. The molecule has 0 aliphatic carbocycles. The van der Waals surface area contributed by atoms with Crippen LogP contribution in [0.4, 0.5) is 0 Å². The lowest BCUT2D eigenvalue weighted by molar-refractivity contribution is 0.0735. The highest BCUT2D eigenvalue weighted by molar-refractivity contribution is 9.10. The maximum atomic E-state index is 13.2. The van der Waals surface area contributed by atoms with Crippen LogP contribution >= 0.6 is 15.9 Å². The molecule has 152 valence electrons. The molecule has 0 spiro atoms. The Hall–Kier alpha value is -2.73. The normalized spacial score (nSPS) is 14.0. The third kappa shape index (κ3) is 3.21. The predicted octanol–water partition coefficient (Wildman–Crippen LogP) is 6.65. The first-order valence-electron chi connectivity index (χ1n) is 9.22. The number of hydrogen-bond acceptors (Lipinski definition) is 5. The van der Waals surface area contributed by atoms with Crippen LogP contribution in [-0.2, 0) is 0 Å². The maximum absolute atomic E-state index is 13.2. The van der Waals surface area contributed by atoms with Gasteiger partial charge in [0.25, 0.3) is 0 Å². The minimum Gasteiger partial charge on any atom is -0.508 e. The van der Waals surface area contributed by atoms with Gasteiger partial charge < -0.3 is 19.7 Å². The second-order valence-electron chi connectivity index (χ2n) is 7.03. The molecule has 2 aromatic carbocycles. The number of aromatic hydroxyl groups is 2. The molecule has 1 heterocycles. The number of rotatable bonds is 2. The fourth-order valence-electron chi connectivity index (χ4n) is 3.28. The summed E-state index contributed by atoms with van der Waals surface area (Å²) in [5.41, 5.74) is 3.80. The third-order valence-corrected chi connectivity index (χ3v) is 6.12. The van der Waals surface area contributed by atoms with Crippen LogP contribution in [0.15, 0.2) is 22.7 Å². The number of allylic oxidation sites excluding steroid dienone is 4. The second-order valence-corrected chi connectivity index (χ2v) is 7.82. The number of phenolic OH excluding ortho intramolecular Hbond substituents is 2. The van der Waals surface area contributed by atoms with Gasteiger partial charge in [0.15, 0.2) is 11.5 Å². The van der Waals surface area contributed by atoms with Crippen molar-refractivity contribution >= 4 is 33.0 Å². The van der Waals surface area contributed by atoms with Crippen molar-refractivity contribution in [3.63, 3.8) is 0 Å². The fraction of sp³-hybridized carbons (Fsp3) is 0.261. The molecule has 0 fully saturated rings. The van der Waals surface area contributed by atoms with Gasteiger partial charge in [-0.25, -0.2) is 4.79 Å². The van der Waals surface area contributed by atoms with Crippen molar-refractivity contribution in [2.45, 2.75) is 41.5 Å². The Labute approximate surface area is 178 Å². The van der Waals surface area contributed by atoms with Crippen molar-refractivity contribution < 1.29 is 24.5 Å². The summed E-state index contributed by atoms with van der Waals surface area (Å²) in [4.78, 5) is 13.2. The van der Waals surface area contributed by atoms with Gasteiger partial charge in [-0.05, 0) is 80.2 Å². The average Bonchev–Trinajstić information content (AvgIpc) is 2.85. The van der Waals surface area contributed by atoms with Crippen LogP contribution in [0, 0.1) is 13.8 Å². The van der Waals surface area contributed by atoms with Gasteiger partial charge >= 0.3 is 5.97 Å². The zero-order valence-electron chi connectivity index (χ0n) is 17.2. The van der Waals surface area contributed by atoms with E-state index in [-0.39, 0.29) is 28.6 Å². The van der Waals surface area contributed by atoms with E-state index in [1.807, 2.05) is 39.8 Å². The Kier molecular flexibility index (Phi) is 5.50. The summed E-state index contributed by atoms with van der Waals surface area (Å²) in [6, 6.07) is 1.54. The molecule has 3 rings (SSSR count). The van der Waals surface area contributed by atoms with Gasteiger partial charge in [-0.1, -0.05) is 12.2 Å². The Bertz CT molecular complexity index is 1110. The van der Waals surface area contributed by atoms with Crippen molar-refractivity contribution in [2.75, 3.05) is 0 Å². The number of benzene rings is 2. The Balaban J connectivity index is 2.46. The van der Waals surface area contributed by atoms with Crippen LogP contribution in [-0.4, -0.2) is 16.2 Å². The topological polar surface area (TPSA) is 76.0 Å². The largest absolute Gasteiger partial charge is 0.508 e. The van der Waals surface area contributed by atoms with E-state index in [0.717, 1.165) is 11.1 Å². The van der Waals surface area contributed by atoms with Gasteiger partial charge in [-0.3, -0.25) is 0 Å². The summed E-state index contributed by atoms with van der Waals surface area (Å²) in [6.45, 7) is 10.8. The molecule has 1 aliphatic heterocycles. The molecule has 29 heavy (non-hydrogen) atoms. The first kappa shape index (κ1) is 21.0. The van der Waals surface area contributed by atoms with E-state index in [4.69, 9.17) is 9.47 Å². The quantitative estimate of drug-likeness (QED) is 0.389.